The van der Waals surface area contributed by atoms with Crippen LogP contribution < -0.4 is 0 Å². The van der Waals surface area contributed by atoms with E-state index in [2.05, 4.69) is 15.4 Å². The number of aromatic nitrogens is 3. The number of thioether (sulfide) groups is 1. The van der Waals surface area contributed by atoms with Gasteiger partial charge < -0.3 is 0 Å². The van der Waals surface area contributed by atoms with Crippen molar-refractivity contribution in [1.29, 1.82) is 0 Å². The van der Waals surface area contributed by atoms with Crippen molar-refractivity contribution in [3.05, 3.63) is 39.5 Å². The molecule has 17 heavy (non-hydrogen) atoms. The lowest BCUT2D eigenvalue weighted by molar-refractivity contribution is 0.103. The second kappa shape index (κ2) is 5.08. The Morgan fingerprint density at radius 1 is 1.29 bits per heavy atom. The van der Waals surface area contributed by atoms with Crippen LogP contribution in [-0.2, 0) is 0 Å². The SMILES string of the molecule is CSc1n[nH]nc1C(=O)c1ccc(Cl)c(Cl)c1. The number of carbonyl (C=O) groups is 1. The van der Waals surface area contributed by atoms with Crippen LogP contribution in [0.4, 0.5) is 0 Å². The van der Waals surface area contributed by atoms with Crippen LogP contribution in [0.2, 0.25) is 10.0 Å². The van der Waals surface area contributed by atoms with Crippen LogP contribution in [-0.4, -0.2) is 27.4 Å². The molecule has 0 aliphatic rings. The Bertz CT molecular complexity index is 570. The molecule has 1 aromatic heterocycles. The van der Waals surface area contributed by atoms with E-state index in [1.807, 2.05) is 6.26 Å². The van der Waals surface area contributed by atoms with Gasteiger partial charge in [-0.15, -0.1) is 16.9 Å². The standard InChI is InChI=1S/C10H7Cl2N3OS/c1-17-10-8(13-15-14-10)9(16)5-2-3-6(11)7(12)4-5/h2-4H,1H3,(H,13,14,15). The summed E-state index contributed by atoms with van der Waals surface area (Å²) in [7, 11) is 0. The first-order valence-electron chi connectivity index (χ1n) is 4.58. The topological polar surface area (TPSA) is 58.6 Å². The highest BCUT2D eigenvalue weighted by molar-refractivity contribution is 7.98. The summed E-state index contributed by atoms with van der Waals surface area (Å²) in [5.74, 6) is -0.235. The molecule has 0 saturated heterocycles. The number of hydrogen-bond donors (Lipinski definition) is 1. The number of benzene rings is 1. The van der Waals surface area contributed by atoms with E-state index in [0.29, 0.717) is 20.6 Å². The van der Waals surface area contributed by atoms with Crippen LogP contribution in [0.5, 0.6) is 0 Å². The highest BCUT2D eigenvalue weighted by Crippen LogP contribution is 2.25. The number of halogens is 2. The van der Waals surface area contributed by atoms with E-state index < -0.39 is 0 Å². The third-order valence-corrected chi connectivity index (χ3v) is 3.52. The van der Waals surface area contributed by atoms with Crippen molar-refractivity contribution in [1.82, 2.24) is 15.4 Å². The zero-order chi connectivity index (χ0) is 12.4. The number of nitrogens with zero attached hydrogens (tertiary/aromatic N) is 2. The summed E-state index contributed by atoms with van der Waals surface area (Å²) in [5.41, 5.74) is 0.722. The summed E-state index contributed by atoms with van der Waals surface area (Å²) in [4.78, 5) is 12.1. The van der Waals surface area contributed by atoms with Gasteiger partial charge in [0, 0.05) is 5.56 Å². The molecule has 0 aliphatic heterocycles. The average Bonchev–Trinajstić information content (AvgIpc) is 2.80. The second-order valence-corrected chi connectivity index (χ2v) is 4.75. The Kier molecular flexibility index (Phi) is 3.71. The lowest BCUT2D eigenvalue weighted by atomic mass is 10.1. The molecule has 0 unspecified atom stereocenters. The lowest BCUT2D eigenvalue weighted by Gasteiger charge is -2.01. The van der Waals surface area contributed by atoms with Crippen molar-refractivity contribution in [2.24, 2.45) is 0 Å². The molecular weight excluding hydrogens is 281 g/mol. The van der Waals surface area contributed by atoms with Crippen molar-refractivity contribution in [3.8, 4) is 0 Å². The Morgan fingerprint density at radius 2 is 2.06 bits per heavy atom. The maximum Gasteiger partial charge on any atom is 0.216 e. The predicted octanol–water partition coefficient (Wildman–Crippen LogP) is 3.06. The van der Waals surface area contributed by atoms with Crippen molar-refractivity contribution in [2.45, 2.75) is 5.03 Å². The van der Waals surface area contributed by atoms with Gasteiger partial charge in [0.25, 0.3) is 0 Å². The van der Waals surface area contributed by atoms with E-state index in [1.54, 1.807) is 12.1 Å². The van der Waals surface area contributed by atoms with Crippen LogP contribution in [0, 0.1) is 0 Å². The molecule has 2 aromatic rings. The molecule has 0 atom stereocenters. The van der Waals surface area contributed by atoms with Gasteiger partial charge in [0.05, 0.1) is 10.0 Å². The highest BCUT2D eigenvalue weighted by Gasteiger charge is 2.18. The molecule has 2 rings (SSSR count). The fourth-order valence-corrected chi connectivity index (χ4v) is 2.05. The maximum atomic E-state index is 12.1. The summed E-state index contributed by atoms with van der Waals surface area (Å²) in [5, 5.41) is 11.4. The zero-order valence-electron chi connectivity index (χ0n) is 8.70. The van der Waals surface area contributed by atoms with Crippen LogP contribution in [0.1, 0.15) is 16.1 Å². The van der Waals surface area contributed by atoms with Gasteiger partial charge in [-0.25, -0.2) is 0 Å². The van der Waals surface area contributed by atoms with Gasteiger partial charge in [0.2, 0.25) is 5.78 Å². The monoisotopic (exact) mass is 287 g/mol. The summed E-state index contributed by atoms with van der Waals surface area (Å²) in [6.45, 7) is 0. The normalized spacial score (nSPS) is 10.5. The van der Waals surface area contributed by atoms with Crippen LogP contribution in [0.15, 0.2) is 23.2 Å². The lowest BCUT2D eigenvalue weighted by Crippen LogP contribution is -2.03. The predicted molar refractivity (Wildman–Crippen MR) is 68.1 cm³/mol. The third kappa shape index (κ3) is 2.46. The average molecular weight is 288 g/mol. The number of aromatic amines is 1. The number of carbonyl (C=O) groups excluding carboxylic acids is 1. The first kappa shape index (κ1) is 12.4. The smallest absolute Gasteiger partial charge is 0.216 e. The fraction of sp³-hybridized carbons (Fsp3) is 0.100. The third-order valence-electron chi connectivity index (χ3n) is 2.11. The molecule has 0 aliphatic carbocycles. The summed E-state index contributed by atoms with van der Waals surface area (Å²) < 4.78 is 0. The van der Waals surface area contributed by atoms with Crippen molar-refractivity contribution >= 4 is 40.7 Å². The molecule has 0 radical (unpaired) electrons. The van der Waals surface area contributed by atoms with Crippen molar-refractivity contribution in [3.63, 3.8) is 0 Å². The van der Waals surface area contributed by atoms with Gasteiger partial charge in [-0.05, 0) is 24.5 Å². The number of H-pyrrole nitrogens is 1. The molecule has 0 saturated carbocycles. The Morgan fingerprint density at radius 3 is 2.71 bits per heavy atom. The van der Waals surface area contributed by atoms with Gasteiger partial charge in [0.1, 0.15) is 5.03 Å². The van der Waals surface area contributed by atoms with Crippen LogP contribution in [0.3, 0.4) is 0 Å². The largest absolute Gasteiger partial charge is 0.287 e. The van der Waals surface area contributed by atoms with E-state index in [9.17, 15) is 4.79 Å². The summed E-state index contributed by atoms with van der Waals surface area (Å²) in [6.07, 6.45) is 1.82. The fourth-order valence-electron chi connectivity index (χ4n) is 1.29. The number of nitrogens with one attached hydrogen (secondary N) is 1. The minimum atomic E-state index is -0.235. The number of rotatable bonds is 3. The Hall–Kier alpha value is -1.04. The van der Waals surface area contributed by atoms with Gasteiger partial charge in [-0.3, -0.25) is 4.79 Å². The molecule has 7 heteroatoms. The molecule has 0 fully saturated rings. The Balaban J connectivity index is 2.40. The van der Waals surface area contributed by atoms with Crippen LogP contribution >= 0.6 is 35.0 Å². The molecule has 0 bridgehead atoms. The van der Waals surface area contributed by atoms with E-state index in [4.69, 9.17) is 23.2 Å². The molecule has 0 spiro atoms. The van der Waals surface area contributed by atoms with Crippen LogP contribution in [0.25, 0.3) is 0 Å². The van der Waals surface area contributed by atoms with E-state index >= 15 is 0 Å². The summed E-state index contributed by atoms with van der Waals surface area (Å²) >= 11 is 13.0. The quantitative estimate of drug-likeness (QED) is 0.696. The van der Waals surface area contributed by atoms with Gasteiger partial charge in [-0.2, -0.15) is 10.3 Å². The Labute approximate surface area is 112 Å². The first-order valence-corrected chi connectivity index (χ1v) is 6.56. The van der Waals surface area contributed by atoms with E-state index in [0.717, 1.165) is 0 Å². The first-order chi connectivity index (χ1) is 8.13. The minimum Gasteiger partial charge on any atom is -0.287 e. The van der Waals surface area contributed by atoms with Gasteiger partial charge >= 0.3 is 0 Å². The van der Waals surface area contributed by atoms with Gasteiger partial charge in [-0.1, -0.05) is 23.2 Å². The van der Waals surface area contributed by atoms with Crippen molar-refractivity contribution in [2.75, 3.05) is 6.26 Å². The molecule has 1 N–H and O–H groups in total. The van der Waals surface area contributed by atoms with Gasteiger partial charge in [0.15, 0.2) is 5.69 Å². The molecule has 4 nitrogen and oxygen atoms in total. The minimum absolute atomic E-state index is 0.235. The second-order valence-electron chi connectivity index (χ2n) is 3.14. The molecular formula is C10H7Cl2N3OS. The highest BCUT2D eigenvalue weighted by atomic mass is 35.5. The molecule has 0 amide bonds. The molecule has 88 valence electrons. The maximum absolute atomic E-state index is 12.1. The molecule has 1 aromatic carbocycles. The number of hydrogen-bond acceptors (Lipinski definition) is 4. The summed E-state index contributed by atoms with van der Waals surface area (Å²) in [6, 6.07) is 4.70. The van der Waals surface area contributed by atoms with E-state index in [-0.39, 0.29) is 11.5 Å². The number of ketones is 1. The van der Waals surface area contributed by atoms with E-state index in [1.165, 1.54) is 17.8 Å². The van der Waals surface area contributed by atoms with Crippen molar-refractivity contribution < 1.29 is 4.79 Å². The molecule has 1 heterocycles. The zero-order valence-corrected chi connectivity index (χ0v) is 11.0.